The van der Waals surface area contributed by atoms with Crippen LogP contribution in [0.15, 0.2) is 50.9 Å². The molecule has 1 aliphatic rings. The summed E-state index contributed by atoms with van der Waals surface area (Å²) in [6, 6.07) is 9.94. The number of hydrogen-bond donors (Lipinski definition) is 0. The van der Waals surface area contributed by atoms with Crippen molar-refractivity contribution in [2.75, 3.05) is 6.61 Å². The van der Waals surface area contributed by atoms with Crippen molar-refractivity contribution in [3.8, 4) is 0 Å². The smallest absolute Gasteiger partial charge is 0.412 e. The molecule has 3 rings (SSSR count). The molecule has 1 aromatic carbocycles. The van der Waals surface area contributed by atoms with E-state index < -0.39 is 27.3 Å². The Kier molecular flexibility index (Phi) is 5.82. The van der Waals surface area contributed by atoms with E-state index in [2.05, 4.69) is 0 Å². The average Bonchev–Trinajstić information content (AvgIpc) is 3.22. The maximum absolute atomic E-state index is 12.7. The number of sulfone groups is 1. The Morgan fingerprint density at radius 2 is 1.90 bits per heavy atom. The fraction of sp³-hybridized carbons (Fsp3) is 0.476. The van der Waals surface area contributed by atoms with Crippen LogP contribution in [-0.4, -0.2) is 43.4 Å². The van der Waals surface area contributed by atoms with Gasteiger partial charge >= 0.3 is 6.09 Å². The molecule has 8 heteroatoms. The third-order valence-electron chi connectivity index (χ3n) is 4.63. The average molecular weight is 438 g/mol. The molecule has 1 aliphatic heterocycles. The molecule has 2 aromatic rings. The number of nitrogens with zero attached hydrogens (tertiary/aromatic N) is 1. The third-order valence-corrected chi connectivity index (χ3v) is 7.80. The van der Waals surface area contributed by atoms with Crippen LogP contribution in [0.1, 0.15) is 40.2 Å². The van der Waals surface area contributed by atoms with Crippen LogP contribution in [0, 0.1) is 0 Å². The molecule has 6 nitrogen and oxygen atoms in total. The highest BCUT2D eigenvalue weighted by molar-refractivity contribution is 7.93. The second kappa shape index (κ2) is 7.74. The van der Waals surface area contributed by atoms with Crippen molar-refractivity contribution in [2.45, 2.75) is 67.5 Å². The summed E-state index contributed by atoms with van der Waals surface area (Å²) in [4.78, 5) is 14.6. The summed E-state index contributed by atoms with van der Waals surface area (Å²) in [5.74, 6) is 0. The molecular formula is C21H27NO5S2. The predicted octanol–water partition coefficient (Wildman–Crippen LogP) is 4.50. The number of carbonyl (C=O) groups excluding carboxylic acids is 1. The van der Waals surface area contributed by atoms with Crippen LogP contribution in [0.4, 0.5) is 4.79 Å². The Morgan fingerprint density at radius 3 is 2.45 bits per heavy atom. The van der Waals surface area contributed by atoms with Crippen LogP contribution >= 0.6 is 11.3 Å². The van der Waals surface area contributed by atoms with Crippen molar-refractivity contribution in [1.82, 2.24) is 4.90 Å². The summed E-state index contributed by atoms with van der Waals surface area (Å²) in [6.07, 6.45) is 0.129. The molecule has 1 aromatic heterocycles. The van der Waals surface area contributed by atoms with Crippen LogP contribution in [0.5, 0.6) is 0 Å². The summed E-state index contributed by atoms with van der Waals surface area (Å²) in [6.45, 7) is 9.56. The molecule has 1 saturated heterocycles. The van der Waals surface area contributed by atoms with E-state index in [1.807, 2.05) is 34.6 Å². The molecule has 0 aliphatic carbocycles. The molecule has 2 heterocycles. The normalized spacial score (nSPS) is 19.3. The molecule has 1 fully saturated rings. The van der Waals surface area contributed by atoms with Crippen LogP contribution in [0.2, 0.25) is 0 Å². The number of rotatable bonds is 4. The number of ether oxygens (including phenoxy) is 2. The molecule has 0 N–H and O–H groups in total. The van der Waals surface area contributed by atoms with E-state index in [0.29, 0.717) is 17.2 Å². The van der Waals surface area contributed by atoms with E-state index in [1.165, 1.54) is 11.3 Å². The summed E-state index contributed by atoms with van der Waals surface area (Å²) in [5, 5.41) is 1.74. The Balaban J connectivity index is 1.77. The minimum atomic E-state index is -3.49. The number of thiophene rings is 1. The van der Waals surface area contributed by atoms with Gasteiger partial charge in [0.2, 0.25) is 9.84 Å². The van der Waals surface area contributed by atoms with Crippen molar-refractivity contribution in [3.05, 3.63) is 47.3 Å². The highest BCUT2D eigenvalue weighted by Crippen LogP contribution is 2.31. The number of carbonyl (C=O) groups is 1. The molecule has 1 atom stereocenters. The number of amides is 1. The first-order valence-electron chi connectivity index (χ1n) is 9.44. The van der Waals surface area contributed by atoms with Gasteiger partial charge in [0.05, 0.1) is 17.5 Å². The minimum absolute atomic E-state index is 0.195. The maximum Gasteiger partial charge on any atom is 0.412 e. The summed E-state index contributed by atoms with van der Waals surface area (Å²) in [5.41, 5.74) is -0.442. The van der Waals surface area contributed by atoms with Crippen molar-refractivity contribution >= 4 is 27.3 Å². The van der Waals surface area contributed by atoms with E-state index in [0.717, 1.165) is 5.56 Å². The largest absolute Gasteiger partial charge is 0.444 e. The van der Waals surface area contributed by atoms with Gasteiger partial charge < -0.3 is 9.47 Å². The molecule has 158 valence electrons. The van der Waals surface area contributed by atoms with Crippen LogP contribution in [0.3, 0.4) is 0 Å². The van der Waals surface area contributed by atoms with Crippen molar-refractivity contribution < 1.29 is 22.7 Å². The molecular weight excluding hydrogens is 410 g/mol. The Morgan fingerprint density at radius 1 is 1.24 bits per heavy atom. The van der Waals surface area contributed by atoms with Crippen molar-refractivity contribution in [2.24, 2.45) is 0 Å². The first-order chi connectivity index (χ1) is 13.4. The SMILES string of the molecule is CC(C)(C)OC(=O)N1C(Cc2ccc(S(=O)(=O)c3cccs3)cc2)COC1(C)C. The molecule has 29 heavy (non-hydrogen) atoms. The van der Waals surface area contributed by atoms with E-state index in [1.54, 1.807) is 46.7 Å². The molecule has 0 bridgehead atoms. The lowest BCUT2D eigenvalue weighted by Crippen LogP contribution is -2.50. The fourth-order valence-electron chi connectivity index (χ4n) is 3.32. The number of hydrogen-bond acceptors (Lipinski definition) is 6. The first kappa shape index (κ1) is 21.8. The van der Waals surface area contributed by atoms with Gasteiger partial charge in [0.1, 0.15) is 15.5 Å². The molecule has 0 radical (unpaired) electrons. The van der Waals surface area contributed by atoms with Crippen molar-refractivity contribution in [1.29, 1.82) is 0 Å². The summed E-state index contributed by atoms with van der Waals surface area (Å²) in [7, 11) is -3.49. The molecule has 0 saturated carbocycles. The Labute approximate surface area is 176 Å². The van der Waals surface area contributed by atoms with E-state index in [-0.39, 0.29) is 10.9 Å². The van der Waals surface area contributed by atoms with Gasteiger partial charge in [-0.3, -0.25) is 4.90 Å². The van der Waals surface area contributed by atoms with Crippen LogP contribution in [0.25, 0.3) is 0 Å². The van der Waals surface area contributed by atoms with E-state index in [9.17, 15) is 13.2 Å². The van der Waals surface area contributed by atoms with Gasteiger partial charge in [0.25, 0.3) is 0 Å². The highest BCUT2D eigenvalue weighted by Gasteiger charge is 2.45. The molecule has 0 spiro atoms. The second-order valence-corrected chi connectivity index (χ2v) is 11.7. The zero-order valence-corrected chi connectivity index (χ0v) is 19.0. The fourth-order valence-corrected chi connectivity index (χ4v) is 5.72. The first-order valence-corrected chi connectivity index (χ1v) is 11.8. The van der Waals surface area contributed by atoms with Gasteiger partial charge in [-0.25, -0.2) is 13.2 Å². The quantitative estimate of drug-likeness (QED) is 0.704. The summed E-state index contributed by atoms with van der Waals surface area (Å²) < 4.78 is 37.0. The lowest BCUT2D eigenvalue weighted by molar-refractivity contribution is -0.0624. The van der Waals surface area contributed by atoms with Gasteiger partial charge in [0, 0.05) is 0 Å². The lowest BCUT2D eigenvalue weighted by atomic mass is 10.1. The zero-order valence-electron chi connectivity index (χ0n) is 17.3. The van der Waals surface area contributed by atoms with E-state index >= 15 is 0 Å². The predicted molar refractivity (Wildman–Crippen MR) is 112 cm³/mol. The standard InChI is InChI=1S/C21H27NO5S2/c1-20(2,3)27-19(23)22-16(14-26-21(22,4)5)13-15-8-10-17(11-9-15)29(24,25)18-7-6-12-28-18/h6-12,16H,13-14H2,1-5H3. The zero-order chi connectivity index (χ0) is 21.4. The monoisotopic (exact) mass is 437 g/mol. The van der Waals surface area contributed by atoms with Crippen LogP contribution < -0.4 is 0 Å². The third kappa shape index (κ3) is 4.82. The van der Waals surface area contributed by atoms with E-state index in [4.69, 9.17) is 9.47 Å². The van der Waals surface area contributed by atoms with Gasteiger partial charge in [-0.05, 0) is 70.2 Å². The number of benzene rings is 1. The Hall–Kier alpha value is -1.90. The van der Waals surface area contributed by atoms with Gasteiger partial charge in [-0.1, -0.05) is 18.2 Å². The van der Waals surface area contributed by atoms with Crippen molar-refractivity contribution in [3.63, 3.8) is 0 Å². The minimum Gasteiger partial charge on any atom is -0.444 e. The lowest BCUT2D eigenvalue weighted by Gasteiger charge is -2.35. The van der Waals surface area contributed by atoms with Gasteiger partial charge in [-0.2, -0.15) is 0 Å². The molecule has 1 amide bonds. The summed E-state index contributed by atoms with van der Waals surface area (Å²) >= 11 is 1.20. The topological polar surface area (TPSA) is 72.9 Å². The van der Waals surface area contributed by atoms with Gasteiger partial charge in [-0.15, -0.1) is 11.3 Å². The maximum atomic E-state index is 12.7. The molecule has 1 unspecified atom stereocenters. The van der Waals surface area contributed by atoms with Crippen LogP contribution in [-0.2, 0) is 25.7 Å². The second-order valence-electron chi connectivity index (χ2n) is 8.55. The van der Waals surface area contributed by atoms with Gasteiger partial charge in [0.15, 0.2) is 0 Å². The Bertz CT molecular complexity index is 958. The highest BCUT2D eigenvalue weighted by atomic mass is 32.2.